The third-order valence-corrected chi connectivity index (χ3v) is 5.91. The number of rotatable bonds is 4. The highest BCUT2D eigenvalue weighted by molar-refractivity contribution is 5.95. The zero-order valence-corrected chi connectivity index (χ0v) is 17.3. The van der Waals surface area contributed by atoms with Gasteiger partial charge >= 0.3 is 0 Å². The number of nitrogens with two attached hydrogens (primary N) is 2. The Bertz CT molecular complexity index is 728. The Kier molecular flexibility index (Phi) is 7.20. The van der Waals surface area contributed by atoms with Crippen molar-refractivity contribution in [1.82, 2.24) is 24.9 Å². The standard InChI is InChI=1S/C21H33N7O/c1-3-27-16-17(24-20(23)19(22)21(27)29)6-4-10-26-12-7-18(8-13-26)28-11-5-9-25(2)14-15-28/h1,4,6,16,18,24H,5,7-15,22-23H2,2H3/b6-4-. The normalized spacial score (nSPS) is 24.2. The maximum Gasteiger partial charge on any atom is 0.289 e. The fourth-order valence-electron chi connectivity index (χ4n) is 4.11. The number of carbonyl (C=O) groups is 1. The van der Waals surface area contributed by atoms with Crippen molar-refractivity contribution < 1.29 is 4.79 Å². The third-order valence-electron chi connectivity index (χ3n) is 5.91. The number of allylic oxidation sites excluding steroid dienone is 1. The van der Waals surface area contributed by atoms with E-state index in [1.54, 1.807) is 0 Å². The van der Waals surface area contributed by atoms with E-state index < -0.39 is 5.91 Å². The summed E-state index contributed by atoms with van der Waals surface area (Å²) in [6.07, 6.45) is 14.6. The second kappa shape index (κ2) is 9.83. The lowest BCUT2D eigenvalue weighted by atomic mass is 10.0. The molecule has 1 amide bonds. The van der Waals surface area contributed by atoms with Crippen LogP contribution in [0.1, 0.15) is 19.3 Å². The smallest absolute Gasteiger partial charge is 0.289 e. The molecule has 29 heavy (non-hydrogen) atoms. The second-order valence-corrected chi connectivity index (χ2v) is 7.97. The number of piperidine rings is 1. The molecule has 8 heteroatoms. The van der Waals surface area contributed by atoms with Gasteiger partial charge in [0.15, 0.2) is 0 Å². The molecule has 0 unspecified atom stereocenters. The van der Waals surface area contributed by atoms with Gasteiger partial charge in [-0.15, -0.1) is 0 Å². The summed E-state index contributed by atoms with van der Waals surface area (Å²) in [7, 11) is 2.22. The monoisotopic (exact) mass is 399 g/mol. The first-order valence-electron chi connectivity index (χ1n) is 10.3. The minimum Gasteiger partial charge on any atom is -0.391 e. The molecular formula is C21H33N7O. The van der Waals surface area contributed by atoms with Gasteiger partial charge in [-0.2, -0.15) is 0 Å². The van der Waals surface area contributed by atoms with Gasteiger partial charge in [0.2, 0.25) is 0 Å². The summed E-state index contributed by atoms with van der Waals surface area (Å²) in [5.41, 5.74) is 12.1. The van der Waals surface area contributed by atoms with E-state index in [0.29, 0.717) is 11.7 Å². The number of nitrogens with zero attached hydrogens (tertiary/aromatic N) is 4. The summed E-state index contributed by atoms with van der Waals surface area (Å²) in [5, 5.41) is 2.94. The third kappa shape index (κ3) is 5.54. The van der Waals surface area contributed by atoms with Crippen LogP contribution in [0.4, 0.5) is 0 Å². The van der Waals surface area contributed by atoms with Gasteiger partial charge in [-0.05, 0) is 58.6 Å². The highest BCUT2D eigenvalue weighted by atomic mass is 16.2. The van der Waals surface area contributed by atoms with E-state index >= 15 is 0 Å². The maximum atomic E-state index is 12.1. The van der Waals surface area contributed by atoms with Crippen molar-refractivity contribution in [2.24, 2.45) is 11.5 Å². The predicted octanol–water partition coefficient (Wildman–Crippen LogP) is -0.405. The van der Waals surface area contributed by atoms with Crippen LogP contribution in [-0.4, -0.2) is 84.4 Å². The molecule has 0 aliphatic carbocycles. The summed E-state index contributed by atoms with van der Waals surface area (Å²) in [6.45, 7) is 7.82. The van der Waals surface area contributed by atoms with E-state index in [0.717, 1.165) is 24.5 Å². The van der Waals surface area contributed by atoms with E-state index in [9.17, 15) is 4.79 Å². The van der Waals surface area contributed by atoms with Gasteiger partial charge in [-0.1, -0.05) is 12.5 Å². The highest BCUT2D eigenvalue weighted by Gasteiger charge is 2.25. The number of carbonyl (C=O) groups excluding carboxylic acids is 1. The average molecular weight is 400 g/mol. The van der Waals surface area contributed by atoms with E-state index in [1.165, 1.54) is 51.6 Å². The fourth-order valence-corrected chi connectivity index (χ4v) is 4.11. The molecule has 158 valence electrons. The number of terminal acetylenes is 1. The molecule has 5 N–H and O–H groups in total. The van der Waals surface area contributed by atoms with Gasteiger partial charge in [-0.3, -0.25) is 14.6 Å². The maximum absolute atomic E-state index is 12.1. The Labute approximate surface area is 173 Å². The topological polar surface area (TPSA) is 94.1 Å². The van der Waals surface area contributed by atoms with E-state index in [4.69, 9.17) is 17.9 Å². The van der Waals surface area contributed by atoms with Crippen LogP contribution in [0.3, 0.4) is 0 Å². The molecule has 2 saturated heterocycles. The van der Waals surface area contributed by atoms with E-state index in [2.05, 4.69) is 39.2 Å². The van der Waals surface area contributed by atoms with Gasteiger partial charge < -0.3 is 21.7 Å². The molecule has 0 radical (unpaired) electrons. The minimum absolute atomic E-state index is 0.0793. The second-order valence-electron chi connectivity index (χ2n) is 7.97. The first-order chi connectivity index (χ1) is 14.0. The van der Waals surface area contributed by atoms with Gasteiger partial charge in [0.05, 0.1) is 5.70 Å². The molecule has 3 heterocycles. The van der Waals surface area contributed by atoms with Crippen LogP contribution < -0.4 is 16.8 Å². The SMILES string of the molecule is C#CN1C=C(/C=C\CN2CCC(N3CCCN(C)CC3)CC2)NC(N)=C(N)C1=O. The molecule has 8 nitrogen and oxygen atoms in total. The molecule has 0 aromatic rings. The van der Waals surface area contributed by atoms with E-state index in [1.807, 2.05) is 6.08 Å². The van der Waals surface area contributed by atoms with Crippen molar-refractivity contribution in [3.05, 3.63) is 35.6 Å². The van der Waals surface area contributed by atoms with Crippen LogP contribution in [0.15, 0.2) is 35.6 Å². The fraction of sp³-hybridized carbons (Fsp3) is 0.571. The number of likely N-dealkylation sites (N-methyl/N-ethyl adjacent to an activating group) is 1. The van der Waals surface area contributed by atoms with Crippen molar-refractivity contribution in [2.75, 3.05) is 52.9 Å². The number of amides is 1. The molecule has 0 saturated carbocycles. The van der Waals surface area contributed by atoms with E-state index in [-0.39, 0.29) is 11.5 Å². The van der Waals surface area contributed by atoms with Crippen molar-refractivity contribution >= 4 is 5.91 Å². The number of likely N-dealkylation sites (tertiary alicyclic amines) is 1. The lowest BCUT2D eigenvalue weighted by molar-refractivity contribution is -0.122. The molecule has 0 aromatic heterocycles. The Morgan fingerprint density at radius 3 is 2.69 bits per heavy atom. The Morgan fingerprint density at radius 1 is 1.21 bits per heavy atom. The highest BCUT2D eigenvalue weighted by Crippen LogP contribution is 2.18. The van der Waals surface area contributed by atoms with Crippen molar-refractivity contribution in [2.45, 2.75) is 25.3 Å². The number of hydrogen-bond acceptors (Lipinski definition) is 7. The molecule has 3 aliphatic rings. The number of hydrogen-bond donors (Lipinski definition) is 3. The van der Waals surface area contributed by atoms with Crippen LogP contribution in [0.2, 0.25) is 0 Å². The van der Waals surface area contributed by atoms with Gasteiger partial charge in [0, 0.05) is 37.9 Å². The summed E-state index contributed by atoms with van der Waals surface area (Å²) in [6, 6.07) is 3.01. The van der Waals surface area contributed by atoms with Gasteiger partial charge in [-0.25, -0.2) is 4.90 Å². The van der Waals surface area contributed by atoms with Crippen LogP contribution >= 0.6 is 0 Å². The Balaban J connectivity index is 1.49. The summed E-state index contributed by atoms with van der Waals surface area (Å²) < 4.78 is 0. The quantitative estimate of drug-likeness (QED) is 0.554. The number of nitrogens with one attached hydrogen (secondary N) is 1. The zero-order chi connectivity index (χ0) is 20.8. The van der Waals surface area contributed by atoms with Gasteiger partial charge in [0.1, 0.15) is 11.5 Å². The molecule has 3 rings (SSSR count). The molecule has 2 fully saturated rings. The summed E-state index contributed by atoms with van der Waals surface area (Å²) in [4.78, 5) is 20.7. The Morgan fingerprint density at radius 2 is 1.97 bits per heavy atom. The van der Waals surface area contributed by atoms with Gasteiger partial charge in [0.25, 0.3) is 5.91 Å². The summed E-state index contributed by atoms with van der Waals surface area (Å²) >= 11 is 0. The van der Waals surface area contributed by atoms with Crippen molar-refractivity contribution in [1.29, 1.82) is 0 Å². The Hall–Kier alpha value is -2.47. The molecule has 0 spiro atoms. The molecule has 0 aromatic carbocycles. The van der Waals surface area contributed by atoms with Crippen LogP contribution in [0.5, 0.6) is 0 Å². The minimum atomic E-state index is -0.498. The van der Waals surface area contributed by atoms with Crippen molar-refractivity contribution in [3.8, 4) is 12.5 Å². The van der Waals surface area contributed by atoms with Crippen molar-refractivity contribution in [3.63, 3.8) is 0 Å². The molecule has 0 bridgehead atoms. The first-order valence-corrected chi connectivity index (χ1v) is 10.3. The van der Waals surface area contributed by atoms with Crippen LogP contribution in [-0.2, 0) is 4.79 Å². The largest absolute Gasteiger partial charge is 0.391 e. The van der Waals surface area contributed by atoms with Crippen LogP contribution in [0, 0.1) is 12.5 Å². The lowest BCUT2D eigenvalue weighted by Gasteiger charge is -2.37. The first kappa shape index (κ1) is 21.2. The molecule has 0 atom stereocenters. The average Bonchev–Trinajstić information content (AvgIpc) is 3.00. The van der Waals surface area contributed by atoms with Crippen LogP contribution in [0.25, 0.3) is 0 Å². The molecular weight excluding hydrogens is 366 g/mol. The summed E-state index contributed by atoms with van der Waals surface area (Å²) in [5.74, 6) is -0.379. The zero-order valence-electron chi connectivity index (χ0n) is 17.3. The molecule has 3 aliphatic heterocycles. The lowest BCUT2D eigenvalue weighted by Crippen LogP contribution is -2.46. The predicted molar refractivity (Wildman–Crippen MR) is 115 cm³/mol.